The number of rotatable bonds is 2. The quantitative estimate of drug-likeness (QED) is 0.450. The van der Waals surface area contributed by atoms with Gasteiger partial charge in [0.05, 0.1) is 24.5 Å². The van der Waals surface area contributed by atoms with Gasteiger partial charge in [-0.05, 0) is 98.2 Å². The van der Waals surface area contributed by atoms with Crippen molar-refractivity contribution in [3.63, 3.8) is 0 Å². The lowest BCUT2D eigenvalue weighted by molar-refractivity contribution is 0.0451. The molecular weight excluding hydrogens is 588 g/mol. The van der Waals surface area contributed by atoms with Gasteiger partial charge in [0.15, 0.2) is 0 Å². The standard InChI is InChI=1S/C33H41ClN2O6S/c1-3-31-30(41-2)8-4-7-28(37)25-12-9-23(25)18-36-19-33(15-5-6-21-16-24(34)11-13-26(21)33)20-42-29-14-10-22(17-27(29)36)32(38)35-43(31,39)40/h4,7,10-11,13-14,16-17,23,25,28,30-31,37H,3,5-6,8-9,12,15,18-20H2,1-2H3,(H,35,38)/b7-4-/t23-,25+,28-,30-,31+,33-/m0/s1. The zero-order valence-corrected chi connectivity index (χ0v) is 26.4. The van der Waals surface area contributed by atoms with E-state index in [4.69, 9.17) is 21.1 Å². The maximum Gasteiger partial charge on any atom is 0.264 e. The molecule has 2 N–H and O–H groups in total. The summed E-state index contributed by atoms with van der Waals surface area (Å²) in [4.78, 5) is 15.8. The summed E-state index contributed by atoms with van der Waals surface area (Å²) >= 11 is 6.39. The highest BCUT2D eigenvalue weighted by Gasteiger charge is 2.44. The molecule has 2 heterocycles. The predicted molar refractivity (Wildman–Crippen MR) is 167 cm³/mol. The van der Waals surface area contributed by atoms with Crippen LogP contribution in [0.25, 0.3) is 0 Å². The first-order chi connectivity index (χ1) is 20.6. The average molecular weight is 629 g/mol. The fourth-order valence-corrected chi connectivity index (χ4v) is 9.43. The molecule has 6 rings (SSSR count). The van der Waals surface area contributed by atoms with Gasteiger partial charge < -0.3 is 19.5 Å². The number of nitrogens with zero attached hydrogens (tertiary/aromatic N) is 1. The second-order valence-corrected chi connectivity index (χ2v) is 15.0. The van der Waals surface area contributed by atoms with Crippen molar-refractivity contribution in [3.8, 4) is 5.75 Å². The van der Waals surface area contributed by atoms with Crippen LogP contribution < -0.4 is 14.4 Å². The lowest BCUT2D eigenvalue weighted by Crippen LogP contribution is -2.49. The second kappa shape index (κ2) is 12.1. The number of sulfonamides is 1. The van der Waals surface area contributed by atoms with Gasteiger partial charge in [-0.25, -0.2) is 13.1 Å². The SMILES string of the molecule is CC[C@@H]1[C@@H](OC)C/C=C\[C@H](O)[C@@H]2CC[C@H]2CN2C[C@@]3(CCCc4cc(Cl)ccc43)COc3ccc(cc32)C(=O)NS1(=O)=O. The van der Waals surface area contributed by atoms with Crippen LogP contribution in [0.3, 0.4) is 0 Å². The summed E-state index contributed by atoms with van der Waals surface area (Å²) in [5, 5.41) is 11.0. The highest BCUT2D eigenvalue weighted by molar-refractivity contribution is 7.90. The topological polar surface area (TPSA) is 105 Å². The summed E-state index contributed by atoms with van der Waals surface area (Å²) in [5.41, 5.74) is 3.25. The van der Waals surface area contributed by atoms with Crippen LogP contribution in [-0.2, 0) is 26.6 Å². The molecule has 1 fully saturated rings. The molecule has 8 nitrogen and oxygen atoms in total. The molecule has 2 aromatic rings. The summed E-state index contributed by atoms with van der Waals surface area (Å²) in [5.74, 6) is 0.333. The number of benzene rings is 2. The van der Waals surface area contributed by atoms with E-state index in [1.807, 2.05) is 12.1 Å². The first-order valence-corrected chi connectivity index (χ1v) is 17.3. The van der Waals surface area contributed by atoms with Gasteiger partial charge in [0.25, 0.3) is 5.91 Å². The number of carbonyl (C=O) groups is 1. The van der Waals surface area contributed by atoms with E-state index in [1.54, 1.807) is 31.2 Å². The molecule has 43 heavy (non-hydrogen) atoms. The number of aliphatic hydroxyl groups is 1. The number of methoxy groups -OCH3 is 1. The summed E-state index contributed by atoms with van der Waals surface area (Å²) in [6, 6.07) is 11.3. The van der Waals surface area contributed by atoms with E-state index >= 15 is 0 Å². The van der Waals surface area contributed by atoms with Crippen LogP contribution in [0.1, 0.15) is 66.9 Å². The molecular formula is C33H41ClN2O6S. The number of ether oxygens (including phenoxy) is 2. The number of anilines is 1. The predicted octanol–water partition coefficient (Wildman–Crippen LogP) is 5.01. The van der Waals surface area contributed by atoms with E-state index in [0.29, 0.717) is 31.9 Å². The van der Waals surface area contributed by atoms with Crippen LogP contribution in [0.15, 0.2) is 48.6 Å². The summed E-state index contributed by atoms with van der Waals surface area (Å²) in [6.07, 6.45) is 7.74. The molecule has 1 spiro atoms. The minimum Gasteiger partial charge on any atom is -0.490 e. The highest BCUT2D eigenvalue weighted by Crippen LogP contribution is 2.46. The van der Waals surface area contributed by atoms with Crippen molar-refractivity contribution < 1.29 is 27.8 Å². The van der Waals surface area contributed by atoms with Gasteiger partial charge in [0.2, 0.25) is 10.0 Å². The lowest BCUT2D eigenvalue weighted by Gasteiger charge is -2.45. The van der Waals surface area contributed by atoms with E-state index in [2.05, 4.69) is 21.8 Å². The molecule has 2 aliphatic heterocycles. The van der Waals surface area contributed by atoms with Gasteiger partial charge in [-0.3, -0.25) is 4.79 Å². The molecule has 0 radical (unpaired) electrons. The van der Waals surface area contributed by atoms with Gasteiger partial charge >= 0.3 is 0 Å². The van der Waals surface area contributed by atoms with E-state index in [9.17, 15) is 18.3 Å². The zero-order valence-electron chi connectivity index (χ0n) is 24.8. The van der Waals surface area contributed by atoms with Crippen LogP contribution in [-0.4, -0.2) is 63.7 Å². The Morgan fingerprint density at radius 3 is 2.79 bits per heavy atom. The maximum absolute atomic E-state index is 13.5. The van der Waals surface area contributed by atoms with E-state index in [0.717, 1.165) is 42.8 Å². The number of nitrogens with one attached hydrogen (secondary N) is 1. The molecule has 1 amide bonds. The third-order valence-corrected chi connectivity index (χ3v) is 12.3. The summed E-state index contributed by atoms with van der Waals surface area (Å²) < 4.78 is 41.3. The van der Waals surface area contributed by atoms with Gasteiger partial charge in [0.1, 0.15) is 11.0 Å². The Morgan fingerprint density at radius 1 is 1.21 bits per heavy atom. The Hall–Kier alpha value is -2.59. The number of amides is 1. The average Bonchev–Trinajstić information content (AvgIpc) is 3.10. The van der Waals surface area contributed by atoms with Gasteiger partial charge in [0, 0.05) is 36.2 Å². The third-order valence-electron chi connectivity index (χ3n) is 10.1. The van der Waals surface area contributed by atoms with Crippen LogP contribution in [0.4, 0.5) is 5.69 Å². The van der Waals surface area contributed by atoms with E-state index in [-0.39, 0.29) is 29.2 Å². The molecule has 2 bridgehead atoms. The molecule has 2 aliphatic carbocycles. The van der Waals surface area contributed by atoms with Crippen LogP contribution in [0.2, 0.25) is 5.02 Å². The molecule has 2 aromatic carbocycles. The normalized spacial score (nSPS) is 32.8. The summed E-state index contributed by atoms with van der Waals surface area (Å²) in [7, 11) is -2.59. The number of carbonyl (C=O) groups excluding carboxylic acids is 1. The molecule has 6 atom stereocenters. The van der Waals surface area contributed by atoms with E-state index in [1.165, 1.54) is 18.2 Å². The minimum atomic E-state index is -4.06. The molecule has 232 valence electrons. The zero-order chi connectivity index (χ0) is 30.4. The van der Waals surface area contributed by atoms with Crippen molar-refractivity contribution >= 4 is 33.2 Å². The molecule has 0 unspecified atom stereocenters. The number of aryl methyl sites for hydroxylation is 1. The maximum atomic E-state index is 13.5. The Morgan fingerprint density at radius 2 is 2.05 bits per heavy atom. The van der Waals surface area contributed by atoms with Crippen molar-refractivity contribution in [2.75, 3.05) is 31.7 Å². The number of hydrogen-bond acceptors (Lipinski definition) is 7. The Labute approximate surface area is 259 Å². The lowest BCUT2D eigenvalue weighted by atomic mass is 9.68. The van der Waals surface area contributed by atoms with Gasteiger partial charge in [-0.2, -0.15) is 0 Å². The van der Waals surface area contributed by atoms with Gasteiger partial charge in [-0.1, -0.05) is 36.7 Å². The number of fused-ring (bicyclic) bond motifs is 4. The fraction of sp³-hybridized carbons (Fsp3) is 0.545. The van der Waals surface area contributed by atoms with Crippen LogP contribution in [0, 0.1) is 11.8 Å². The minimum absolute atomic E-state index is 0.0864. The van der Waals surface area contributed by atoms with Crippen molar-refractivity contribution in [1.29, 1.82) is 0 Å². The second-order valence-electron chi connectivity index (χ2n) is 12.6. The van der Waals surface area contributed by atoms with Crippen molar-refractivity contribution in [1.82, 2.24) is 4.72 Å². The van der Waals surface area contributed by atoms with Crippen LogP contribution in [0.5, 0.6) is 5.75 Å². The van der Waals surface area contributed by atoms with Crippen molar-refractivity contribution in [2.24, 2.45) is 11.8 Å². The van der Waals surface area contributed by atoms with Crippen molar-refractivity contribution in [2.45, 2.75) is 74.7 Å². The Balaban J connectivity index is 1.42. The monoisotopic (exact) mass is 628 g/mol. The smallest absolute Gasteiger partial charge is 0.264 e. The highest BCUT2D eigenvalue weighted by atomic mass is 35.5. The Kier molecular flexibility index (Phi) is 8.54. The molecule has 1 saturated carbocycles. The number of aliphatic hydroxyl groups excluding tert-OH is 1. The largest absolute Gasteiger partial charge is 0.490 e. The first-order valence-electron chi connectivity index (χ1n) is 15.4. The van der Waals surface area contributed by atoms with E-state index < -0.39 is 33.4 Å². The molecule has 0 aromatic heterocycles. The molecule has 4 aliphatic rings. The number of hydrogen-bond donors (Lipinski definition) is 2. The summed E-state index contributed by atoms with van der Waals surface area (Å²) in [6.45, 7) is 3.63. The first kappa shape index (κ1) is 30.4. The van der Waals surface area contributed by atoms with Crippen LogP contribution >= 0.6 is 11.6 Å². The van der Waals surface area contributed by atoms with Gasteiger partial charge in [-0.15, -0.1) is 0 Å². The fourth-order valence-electron chi connectivity index (χ4n) is 7.65. The Bertz CT molecular complexity index is 1510. The third kappa shape index (κ3) is 5.81. The van der Waals surface area contributed by atoms with Crippen molar-refractivity contribution in [3.05, 3.63) is 70.3 Å². The molecule has 0 saturated heterocycles. The number of halogens is 1. The molecule has 10 heteroatoms.